The van der Waals surface area contributed by atoms with Crippen LogP contribution in [0.4, 0.5) is 5.69 Å². The van der Waals surface area contributed by atoms with Gasteiger partial charge in [0.1, 0.15) is 6.04 Å². The molecule has 12 nitrogen and oxygen atoms in total. The first-order valence-corrected chi connectivity index (χ1v) is 16.6. The lowest BCUT2D eigenvalue weighted by atomic mass is 9.81. The number of aromatic nitrogens is 4. The maximum atomic E-state index is 13.8. The molecule has 0 spiro atoms. The number of anilines is 1. The summed E-state index contributed by atoms with van der Waals surface area (Å²) >= 11 is 0. The number of hydrogen-bond acceptors (Lipinski definition) is 8. The third kappa shape index (κ3) is 7.95. The molecule has 1 aliphatic carbocycles. The summed E-state index contributed by atoms with van der Waals surface area (Å²) in [6, 6.07) is 20.0. The Morgan fingerprint density at radius 3 is 2.46 bits per heavy atom. The highest BCUT2D eigenvalue weighted by atomic mass is 16.5. The molecule has 0 bridgehead atoms. The van der Waals surface area contributed by atoms with Crippen molar-refractivity contribution in [2.45, 2.75) is 45.1 Å². The highest BCUT2D eigenvalue weighted by Gasteiger charge is 2.30. The number of carbonyl (C=O) groups is 3. The number of nitrogens with one attached hydrogen (secondary N) is 3. The molecule has 3 aromatic carbocycles. The second-order valence-electron chi connectivity index (χ2n) is 12.7. The normalized spacial score (nSPS) is 18.6. The lowest BCUT2D eigenvalue weighted by molar-refractivity contribution is -0.130. The SMILES string of the molecule is Cc1ccc(CC(NC(=O)C2CCC(CN)CC2)C(=O)Nc2ccc(-c3nn[nH]n3)cc2)cc1-c1cccc(C(=O)N2CCOCC2)c1. The number of H-pyrrole nitrogens is 1. The fourth-order valence-corrected chi connectivity index (χ4v) is 6.49. The molecule has 5 N–H and O–H groups in total. The van der Waals surface area contributed by atoms with E-state index >= 15 is 0 Å². The van der Waals surface area contributed by atoms with Crippen molar-refractivity contribution < 1.29 is 19.1 Å². The van der Waals surface area contributed by atoms with Crippen molar-refractivity contribution in [3.05, 3.63) is 83.4 Å². The van der Waals surface area contributed by atoms with Crippen molar-refractivity contribution in [2.24, 2.45) is 17.6 Å². The number of amides is 3. The molecule has 12 heteroatoms. The van der Waals surface area contributed by atoms with E-state index in [1.807, 2.05) is 54.3 Å². The van der Waals surface area contributed by atoms with Gasteiger partial charge in [0.15, 0.2) is 0 Å². The molecule has 2 fully saturated rings. The highest BCUT2D eigenvalue weighted by Crippen LogP contribution is 2.29. The quantitative estimate of drug-likeness (QED) is 0.201. The number of benzene rings is 3. The molecular weight excluding hydrogens is 608 g/mol. The number of ether oxygens (including phenoxy) is 1. The second kappa shape index (κ2) is 15.3. The van der Waals surface area contributed by atoms with Crippen LogP contribution in [0.1, 0.15) is 47.2 Å². The number of morpholine rings is 1. The van der Waals surface area contributed by atoms with Crippen LogP contribution in [-0.4, -0.2) is 82.1 Å². The van der Waals surface area contributed by atoms with Crippen molar-refractivity contribution in [2.75, 3.05) is 38.2 Å². The molecule has 1 saturated heterocycles. The maximum absolute atomic E-state index is 13.8. The molecule has 2 aliphatic rings. The number of hydrogen-bond donors (Lipinski definition) is 4. The number of rotatable bonds is 10. The van der Waals surface area contributed by atoms with Gasteiger partial charge in [-0.05, 0) is 109 Å². The van der Waals surface area contributed by atoms with E-state index in [0.717, 1.165) is 53.5 Å². The van der Waals surface area contributed by atoms with Crippen LogP contribution in [0.3, 0.4) is 0 Å². The molecule has 4 aromatic rings. The Morgan fingerprint density at radius 2 is 1.75 bits per heavy atom. The van der Waals surface area contributed by atoms with Gasteiger partial charge in [0, 0.05) is 42.2 Å². The van der Waals surface area contributed by atoms with E-state index in [0.29, 0.717) is 55.8 Å². The average molecular weight is 651 g/mol. The summed E-state index contributed by atoms with van der Waals surface area (Å²) in [5.74, 6) is 0.300. The van der Waals surface area contributed by atoms with Crippen LogP contribution >= 0.6 is 0 Å². The predicted octanol–water partition coefficient (Wildman–Crippen LogP) is 3.75. The Balaban J connectivity index is 1.22. The largest absolute Gasteiger partial charge is 0.378 e. The molecule has 6 rings (SSSR count). The van der Waals surface area contributed by atoms with E-state index in [9.17, 15) is 14.4 Å². The van der Waals surface area contributed by atoms with Crippen molar-refractivity contribution in [1.82, 2.24) is 30.8 Å². The van der Waals surface area contributed by atoms with Crippen molar-refractivity contribution in [3.63, 3.8) is 0 Å². The van der Waals surface area contributed by atoms with Crippen LogP contribution in [0.25, 0.3) is 22.5 Å². The minimum absolute atomic E-state index is 0.0146. The van der Waals surface area contributed by atoms with Crippen molar-refractivity contribution in [1.29, 1.82) is 0 Å². The van der Waals surface area contributed by atoms with E-state index in [1.54, 1.807) is 24.3 Å². The molecule has 1 aromatic heterocycles. The fraction of sp³-hybridized carbons (Fsp3) is 0.389. The number of aryl methyl sites for hydroxylation is 1. The Hall–Kier alpha value is -4.94. The maximum Gasteiger partial charge on any atom is 0.254 e. The van der Waals surface area contributed by atoms with Crippen molar-refractivity contribution >= 4 is 23.4 Å². The van der Waals surface area contributed by atoms with Gasteiger partial charge in [-0.25, -0.2) is 0 Å². The Labute approximate surface area is 279 Å². The standard InChI is InChI=1S/C36H42N8O4/c1-23-5-6-25(19-31(23)28-3-2-4-29(21-28)36(47)44-15-17-48-18-16-44)20-32(39-34(45)27-9-7-24(22-37)8-10-27)35(46)38-30-13-11-26(12-14-30)33-40-42-43-41-33/h2-6,11-14,19,21,24,27,32H,7-10,15-18,20,22,37H2,1H3,(H,38,46)(H,39,45)(H,40,41,42,43). The number of nitrogens with zero attached hydrogens (tertiary/aromatic N) is 4. The summed E-state index contributed by atoms with van der Waals surface area (Å²) in [5.41, 5.74) is 11.6. The van der Waals surface area contributed by atoms with Gasteiger partial charge < -0.3 is 26.0 Å². The molecule has 2 heterocycles. The molecule has 1 unspecified atom stereocenters. The van der Waals surface area contributed by atoms with Gasteiger partial charge in [-0.3, -0.25) is 14.4 Å². The smallest absolute Gasteiger partial charge is 0.254 e. The van der Waals surface area contributed by atoms with E-state index in [-0.39, 0.29) is 30.1 Å². The third-order valence-corrected chi connectivity index (χ3v) is 9.40. The van der Waals surface area contributed by atoms with Crippen LogP contribution in [0.15, 0.2) is 66.7 Å². The van der Waals surface area contributed by atoms with Crippen LogP contribution in [0.2, 0.25) is 0 Å². The number of tetrazole rings is 1. The number of nitrogens with two attached hydrogens (primary N) is 1. The summed E-state index contributed by atoms with van der Waals surface area (Å²) in [6.07, 6.45) is 3.62. The number of carbonyl (C=O) groups excluding carboxylic acids is 3. The van der Waals surface area contributed by atoms with Gasteiger partial charge in [0.05, 0.1) is 13.2 Å². The van der Waals surface area contributed by atoms with Crippen LogP contribution in [-0.2, 0) is 20.7 Å². The zero-order valence-electron chi connectivity index (χ0n) is 27.2. The first kappa shape index (κ1) is 33.0. The van der Waals surface area contributed by atoms with Crippen LogP contribution in [0.5, 0.6) is 0 Å². The third-order valence-electron chi connectivity index (χ3n) is 9.40. The Kier molecular flexibility index (Phi) is 10.5. The summed E-state index contributed by atoms with van der Waals surface area (Å²) in [4.78, 5) is 42.4. The molecule has 1 atom stereocenters. The van der Waals surface area contributed by atoms with Gasteiger partial charge in [-0.1, -0.05) is 30.3 Å². The fourth-order valence-electron chi connectivity index (χ4n) is 6.49. The van der Waals surface area contributed by atoms with Crippen molar-refractivity contribution in [3.8, 4) is 22.5 Å². The summed E-state index contributed by atoms with van der Waals surface area (Å²) < 4.78 is 5.41. The predicted molar refractivity (Wildman–Crippen MR) is 182 cm³/mol. The molecule has 3 amide bonds. The highest BCUT2D eigenvalue weighted by molar-refractivity contribution is 5.98. The average Bonchev–Trinajstić information content (AvgIpc) is 3.68. The van der Waals surface area contributed by atoms with Gasteiger partial charge in [0.25, 0.3) is 5.91 Å². The second-order valence-corrected chi connectivity index (χ2v) is 12.7. The number of aromatic amines is 1. The van der Waals surface area contributed by atoms with Gasteiger partial charge in [-0.2, -0.15) is 5.21 Å². The topological polar surface area (TPSA) is 168 Å². The summed E-state index contributed by atoms with van der Waals surface area (Å²) in [6.45, 7) is 4.88. The minimum Gasteiger partial charge on any atom is -0.378 e. The Morgan fingerprint density at radius 1 is 0.979 bits per heavy atom. The molecule has 0 radical (unpaired) electrons. The van der Waals surface area contributed by atoms with Crippen LogP contribution < -0.4 is 16.4 Å². The van der Waals surface area contributed by atoms with E-state index in [4.69, 9.17) is 10.5 Å². The Bertz CT molecular complexity index is 1710. The van der Waals surface area contributed by atoms with Gasteiger partial charge in [-0.15, -0.1) is 10.2 Å². The molecule has 1 aliphatic heterocycles. The lowest BCUT2D eigenvalue weighted by Crippen LogP contribution is -2.48. The zero-order valence-corrected chi connectivity index (χ0v) is 27.2. The van der Waals surface area contributed by atoms with E-state index in [1.165, 1.54) is 0 Å². The first-order valence-electron chi connectivity index (χ1n) is 16.6. The molecular formula is C36H42N8O4. The lowest BCUT2D eigenvalue weighted by Gasteiger charge is -2.28. The zero-order chi connectivity index (χ0) is 33.5. The molecule has 1 saturated carbocycles. The van der Waals surface area contributed by atoms with E-state index in [2.05, 4.69) is 31.3 Å². The monoisotopic (exact) mass is 650 g/mol. The van der Waals surface area contributed by atoms with E-state index < -0.39 is 6.04 Å². The van der Waals surface area contributed by atoms with Gasteiger partial charge in [0.2, 0.25) is 17.6 Å². The first-order chi connectivity index (χ1) is 23.4. The molecule has 250 valence electrons. The minimum atomic E-state index is -0.814. The molecule has 48 heavy (non-hydrogen) atoms. The van der Waals surface area contributed by atoms with Gasteiger partial charge >= 0.3 is 0 Å². The summed E-state index contributed by atoms with van der Waals surface area (Å²) in [5, 5.41) is 20.1. The summed E-state index contributed by atoms with van der Waals surface area (Å²) in [7, 11) is 0. The van der Waals surface area contributed by atoms with Crippen LogP contribution in [0, 0.1) is 18.8 Å².